The molecule has 8 heteroatoms. The van der Waals surface area contributed by atoms with Crippen molar-refractivity contribution < 1.29 is 9.66 Å². The first-order chi connectivity index (χ1) is 9.63. The Kier molecular flexibility index (Phi) is 4.46. The van der Waals surface area contributed by atoms with Crippen LogP contribution in [-0.4, -0.2) is 22.0 Å². The molecule has 1 N–H and O–H groups in total. The fourth-order valence-corrected chi connectivity index (χ4v) is 2.13. The van der Waals surface area contributed by atoms with Crippen molar-refractivity contribution in [3.63, 3.8) is 0 Å². The normalized spacial score (nSPS) is 10.1. The molecule has 0 unspecified atom stereocenters. The number of hydrogen-bond acceptors (Lipinski definition) is 6. The molecule has 0 aliphatic heterocycles. The standard InChI is InChI=1S/C12H11BrN4O3/c1-20-12-8(3-2-4-15-12)5-16-11-9(13)6-14-7-10(11)17(18)19/h2-4,6-7H,5H2,1H3,(H,14,16). The zero-order chi connectivity index (χ0) is 14.5. The third kappa shape index (κ3) is 3.02. The van der Waals surface area contributed by atoms with Gasteiger partial charge >= 0.3 is 5.69 Å². The summed E-state index contributed by atoms with van der Waals surface area (Å²) in [7, 11) is 1.52. The molecular formula is C12H11BrN4O3. The van der Waals surface area contributed by atoms with E-state index in [0.717, 1.165) is 5.56 Å². The number of halogens is 1. The molecule has 0 bridgehead atoms. The highest BCUT2D eigenvalue weighted by Crippen LogP contribution is 2.31. The summed E-state index contributed by atoms with van der Waals surface area (Å²) in [4.78, 5) is 18.3. The summed E-state index contributed by atoms with van der Waals surface area (Å²) < 4.78 is 5.66. The lowest BCUT2D eigenvalue weighted by molar-refractivity contribution is -0.384. The summed E-state index contributed by atoms with van der Waals surface area (Å²) in [6, 6.07) is 3.61. The van der Waals surface area contributed by atoms with Crippen LogP contribution in [0.5, 0.6) is 5.88 Å². The Morgan fingerprint density at radius 2 is 2.30 bits per heavy atom. The molecule has 0 saturated heterocycles. The molecule has 0 spiro atoms. The smallest absolute Gasteiger partial charge is 0.311 e. The maximum atomic E-state index is 11.0. The molecule has 0 aliphatic carbocycles. The lowest BCUT2D eigenvalue weighted by Crippen LogP contribution is -2.06. The SMILES string of the molecule is COc1ncccc1CNc1c(Br)cncc1[N+](=O)[O-]. The zero-order valence-electron chi connectivity index (χ0n) is 10.5. The monoisotopic (exact) mass is 338 g/mol. The minimum atomic E-state index is -0.486. The lowest BCUT2D eigenvalue weighted by atomic mass is 10.2. The van der Waals surface area contributed by atoms with E-state index < -0.39 is 4.92 Å². The Bertz CT molecular complexity index is 636. The predicted molar refractivity (Wildman–Crippen MR) is 76.7 cm³/mol. The third-order valence-electron chi connectivity index (χ3n) is 2.58. The molecule has 0 aliphatic rings. The summed E-state index contributed by atoms with van der Waals surface area (Å²) in [6.07, 6.45) is 4.32. The fraction of sp³-hybridized carbons (Fsp3) is 0.167. The van der Waals surface area contributed by atoms with E-state index in [1.807, 2.05) is 6.07 Å². The third-order valence-corrected chi connectivity index (χ3v) is 3.18. The molecular weight excluding hydrogens is 328 g/mol. The molecule has 7 nitrogen and oxygen atoms in total. The van der Waals surface area contributed by atoms with E-state index in [9.17, 15) is 10.1 Å². The molecule has 2 aromatic rings. The minimum Gasteiger partial charge on any atom is -0.481 e. The molecule has 0 atom stereocenters. The molecule has 0 amide bonds. The van der Waals surface area contributed by atoms with E-state index in [1.54, 1.807) is 12.3 Å². The molecule has 2 aromatic heterocycles. The second-order valence-corrected chi connectivity index (χ2v) is 4.65. The average molecular weight is 339 g/mol. The summed E-state index contributed by atoms with van der Waals surface area (Å²) in [5.41, 5.74) is 1.08. The van der Waals surface area contributed by atoms with Crippen LogP contribution in [0.3, 0.4) is 0 Å². The van der Waals surface area contributed by atoms with Gasteiger partial charge in [0.25, 0.3) is 0 Å². The van der Waals surface area contributed by atoms with Crippen molar-refractivity contribution >= 4 is 27.3 Å². The molecule has 104 valence electrons. The van der Waals surface area contributed by atoms with E-state index in [0.29, 0.717) is 22.6 Å². The highest BCUT2D eigenvalue weighted by atomic mass is 79.9. The number of methoxy groups -OCH3 is 1. The van der Waals surface area contributed by atoms with Crippen LogP contribution in [-0.2, 0) is 6.54 Å². The van der Waals surface area contributed by atoms with Gasteiger partial charge < -0.3 is 10.1 Å². The molecule has 0 fully saturated rings. The first-order valence-electron chi connectivity index (χ1n) is 5.63. The van der Waals surface area contributed by atoms with Crippen LogP contribution in [0.25, 0.3) is 0 Å². The van der Waals surface area contributed by atoms with Gasteiger partial charge in [0.1, 0.15) is 11.9 Å². The maximum Gasteiger partial charge on any atom is 0.311 e. The number of hydrogen-bond donors (Lipinski definition) is 1. The van der Waals surface area contributed by atoms with Gasteiger partial charge in [0.2, 0.25) is 5.88 Å². The van der Waals surface area contributed by atoms with Crippen molar-refractivity contribution in [3.05, 3.63) is 50.9 Å². The van der Waals surface area contributed by atoms with Crippen molar-refractivity contribution in [3.8, 4) is 5.88 Å². The van der Waals surface area contributed by atoms with Gasteiger partial charge in [-0.05, 0) is 22.0 Å². The average Bonchev–Trinajstić information content (AvgIpc) is 2.46. The first-order valence-corrected chi connectivity index (χ1v) is 6.42. The van der Waals surface area contributed by atoms with Gasteiger partial charge in [0, 0.05) is 24.5 Å². The highest BCUT2D eigenvalue weighted by molar-refractivity contribution is 9.10. The van der Waals surface area contributed by atoms with E-state index in [2.05, 4.69) is 31.2 Å². The van der Waals surface area contributed by atoms with Crippen molar-refractivity contribution in [2.24, 2.45) is 0 Å². The van der Waals surface area contributed by atoms with Crippen molar-refractivity contribution in [1.29, 1.82) is 0 Å². The van der Waals surface area contributed by atoms with Crippen molar-refractivity contribution in [1.82, 2.24) is 9.97 Å². The fourth-order valence-electron chi connectivity index (χ4n) is 1.66. The Morgan fingerprint density at radius 3 is 3.00 bits per heavy atom. The predicted octanol–water partition coefficient (Wildman–Crippen LogP) is 2.77. The largest absolute Gasteiger partial charge is 0.481 e. The van der Waals surface area contributed by atoms with Gasteiger partial charge in [-0.2, -0.15) is 0 Å². The van der Waals surface area contributed by atoms with Crippen molar-refractivity contribution in [2.75, 3.05) is 12.4 Å². The number of anilines is 1. The molecule has 0 saturated carbocycles. The van der Waals surface area contributed by atoms with Crippen LogP contribution in [0.1, 0.15) is 5.56 Å². The summed E-state index contributed by atoms with van der Waals surface area (Å²) in [5.74, 6) is 0.479. The zero-order valence-corrected chi connectivity index (χ0v) is 12.1. The second-order valence-electron chi connectivity index (χ2n) is 3.80. The number of nitrogens with zero attached hydrogens (tertiary/aromatic N) is 3. The minimum absolute atomic E-state index is 0.0952. The van der Waals surface area contributed by atoms with Gasteiger partial charge in [0.15, 0.2) is 0 Å². The van der Waals surface area contributed by atoms with Crippen LogP contribution in [0.2, 0.25) is 0 Å². The van der Waals surface area contributed by atoms with Crippen molar-refractivity contribution in [2.45, 2.75) is 6.54 Å². The van der Waals surface area contributed by atoms with Gasteiger partial charge in [-0.15, -0.1) is 0 Å². The van der Waals surface area contributed by atoms with Crippen LogP contribution < -0.4 is 10.1 Å². The number of nitrogens with one attached hydrogen (secondary N) is 1. The van der Waals surface area contributed by atoms with E-state index >= 15 is 0 Å². The Labute approximate surface area is 123 Å². The molecule has 0 radical (unpaired) electrons. The second kappa shape index (κ2) is 6.29. The van der Waals surface area contributed by atoms with E-state index in [-0.39, 0.29) is 5.69 Å². The van der Waals surface area contributed by atoms with Gasteiger partial charge in [0.05, 0.1) is 16.5 Å². The molecule has 0 aromatic carbocycles. The Morgan fingerprint density at radius 1 is 1.50 bits per heavy atom. The van der Waals surface area contributed by atoms with Crippen LogP contribution in [0.4, 0.5) is 11.4 Å². The number of ether oxygens (including phenoxy) is 1. The molecule has 2 heterocycles. The Hall–Kier alpha value is -2.22. The van der Waals surface area contributed by atoms with Gasteiger partial charge in [-0.25, -0.2) is 4.98 Å². The number of pyridine rings is 2. The molecule has 20 heavy (non-hydrogen) atoms. The number of nitro groups is 1. The van der Waals surface area contributed by atoms with E-state index in [1.165, 1.54) is 19.5 Å². The van der Waals surface area contributed by atoms with E-state index in [4.69, 9.17) is 4.74 Å². The number of rotatable bonds is 5. The highest BCUT2D eigenvalue weighted by Gasteiger charge is 2.17. The van der Waals surface area contributed by atoms with Crippen LogP contribution in [0, 0.1) is 10.1 Å². The van der Waals surface area contributed by atoms with Gasteiger partial charge in [-0.3, -0.25) is 15.1 Å². The maximum absolute atomic E-state index is 11.0. The summed E-state index contributed by atoms with van der Waals surface area (Å²) in [5, 5.41) is 14.0. The lowest BCUT2D eigenvalue weighted by Gasteiger charge is -2.10. The van der Waals surface area contributed by atoms with Crippen LogP contribution in [0.15, 0.2) is 35.2 Å². The Balaban J connectivity index is 2.25. The van der Waals surface area contributed by atoms with Gasteiger partial charge in [-0.1, -0.05) is 6.07 Å². The summed E-state index contributed by atoms with van der Waals surface area (Å²) >= 11 is 3.25. The first kappa shape index (κ1) is 14.2. The quantitative estimate of drug-likeness (QED) is 0.665. The van der Waals surface area contributed by atoms with Crippen LogP contribution >= 0.6 is 15.9 Å². The molecule has 2 rings (SSSR count). The number of aromatic nitrogens is 2. The topological polar surface area (TPSA) is 90.2 Å². The summed E-state index contributed by atoms with van der Waals surface area (Å²) in [6.45, 7) is 0.348.